The lowest BCUT2D eigenvalue weighted by molar-refractivity contribution is -0.126. The van der Waals surface area contributed by atoms with Crippen molar-refractivity contribution < 1.29 is 9.59 Å². The Kier molecular flexibility index (Phi) is 5.44. The second kappa shape index (κ2) is 8.12. The van der Waals surface area contributed by atoms with Crippen LogP contribution in [0, 0.1) is 6.92 Å². The molecule has 0 bridgehead atoms. The Morgan fingerprint density at radius 1 is 0.885 bits per heavy atom. The smallest absolute Gasteiger partial charge is 0.262 e. The number of aryl methyl sites for hydroxylation is 1. The summed E-state index contributed by atoms with van der Waals surface area (Å²) in [7, 11) is 0. The molecule has 26 heavy (non-hydrogen) atoms. The molecule has 0 heterocycles. The van der Waals surface area contributed by atoms with Crippen LogP contribution >= 0.6 is 0 Å². The minimum atomic E-state index is -0.378. The Labute approximate surface area is 152 Å². The van der Waals surface area contributed by atoms with Crippen molar-refractivity contribution in [3.05, 3.63) is 89.5 Å². The van der Waals surface area contributed by atoms with Crippen molar-refractivity contribution in [1.82, 2.24) is 10.9 Å². The van der Waals surface area contributed by atoms with Crippen LogP contribution in [0.2, 0.25) is 0 Å². The number of rotatable bonds is 4. The van der Waals surface area contributed by atoms with E-state index in [1.54, 1.807) is 6.08 Å². The van der Waals surface area contributed by atoms with Gasteiger partial charge in [0.25, 0.3) is 5.91 Å². The van der Waals surface area contributed by atoms with Gasteiger partial charge in [-0.15, -0.1) is 0 Å². The molecule has 0 aliphatic rings. The van der Waals surface area contributed by atoms with Crippen molar-refractivity contribution in [2.24, 2.45) is 0 Å². The van der Waals surface area contributed by atoms with Crippen LogP contribution in [0.15, 0.2) is 72.8 Å². The molecule has 0 radical (unpaired) electrons. The molecular weight excluding hydrogens is 324 g/mol. The lowest BCUT2D eigenvalue weighted by Gasteiger charge is -2.08. The first kappa shape index (κ1) is 17.4. The highest BCUT2D eigenvalue weighted by Gasteiger charge is 2.07. The lowest BCUT2D eigenvalue weighted by atomic mass is 10.0. The molecule has 0 atom stereocenters. The summed E-state index contributed by atoms with van der Waals surface area (Å²) in [5.41, 5.74) is 7.86. The minimum Gasteiger partial charge on any atom is -0.273 e. The fourth-order valence-corrected chi connectivity index (χ4v) is 2.69. The highest BCUT2D eigenvalue weighted by molar-refractivity contribution is 5.94. The van der Waals surface area contributed by atoms with Gasteiger partial charge < -0.3 is 0 Å². The van der Waals surface area contributed by atoms with E-state index in [9.17, 15) is 9.59 Å². The number of fused-ring (bicyclic) bond motifs is 1. The molecule has 4 heteroatoms. The summed E-state index contributed by atoms with van der Waals surface area (Å²) >= 11 is 0. The first-order valence-corrected chi connectivity index (χ1v) is 8.42. The van der Waals surface area contributed by atoms with E-state index in [0.717, 1.165) is 27.5 Å². The van der Waals surface area contributed by atoms with Gasteiger partial charge in [0.05, 0.1) is 6.42 Å². The Morgan fingerprint density at radius 2 is 1.62 bits per heavy atom. The van der Waals surface area contributed by atoms with Gasteiger partial charge in [0, 0.05) is 6.08 Å². The molecule has 0 saturated heterocycles. The molecule has 3 aromatic rings. The molecule has 130 valence electrons. The molecule has 0 spiro atoms. The van der Waals surface area contributed by atoms with E-state index >= 15 is 0 Å². The van der Waals surface area contributed by atoms with Crippen LogP contribution in [0.25, 0.3) is 16.8 Å². The highest BCUT2D eigenvalue weighted by atomic mass is 16.2. The van der Waals surface area contributed by atoms with E-state index in [2.05, 4.69) is 10.9 Å². The Hall–Kier alpha value is -3.40. The van der Waals surface area contributed by atoms with E-state index in [1.165, 1.54) is 6.08 Å². The fraction of sp³-hybridized carbons (Fsp3) is 0.0909. The summed E-state index contributed by atoms with van der Waals surface area (Å²) in [6.07, 6.45) is 3.29. The molecule has 0 aromatic heterocycles. The monoisotopic (exact) mass is 344 g/mol. The Bertz CT molecular complexity index is 954. The van der Waals surface area contributed by atoms with Crippen molar-refractivity contribution in [2.75, 3.05) is 0 Å². The van der Waals surface area contributed by atoms with Crippen LogP contribution in [0.5, 0.6) is 0 Å². The fourth-order valence-electron chi connectivity index (χ4n) is 2.69. The molecule has 0 saturated carbocycles. The average molecular weight is 344 g/mol. The number of hydrogen-bond acceptors (Lipinski definition) is 2. The summed E-state index contributed by atoms with van der Waals surface area (Å²) in [5, 5.41) is 2.12. The third-order valence-corrected chi connectivity index (χ3v) is 4.06. The summed E-state index contributed by atoms with van der Waals surface area (Å²) < 4.78 is 0. The van der Waals surface area contributed by atoms with Crippen molar-refractivity contribution in [1.29, 1.82) is 0 Å². The van der Waals surface area contributed by atoms with Crippen molar-refractivity contribution >= 4 is 28.7 Å². The SMILES string of the molecule is Cc1ccc(C=CC(=O)NNC(=O)Cc2cccc3ccccc23)cc1. The Morgan fingerprint density at radius 3 is 2.42 bits per heavy atom. The number of carbonyl (C=O) groups excluding carboxylic acids is 2. The topological polar surface area (TPSA) is 58.2 Å². The van der Waals surface area contributed by atoms with E-state index in [0.29, 0.717) is 0 Å². The van der Waals surface area contributed by atoms with Gasteiger partial charge in [-0.05, 0) is 34.9 Å². The van der Waals surface area contributed by atoms with Crippen molar-refractivity contribution in [3.8, 4) is 0 Å². The maximum Gasteiger partial charge on any atom is 0.262 e. The van der Waals surface area contributed by atoms with E-state index in [-0.39, 0.29) is 18.2 Å². The van der Waals surface area contributed by atoms with Crippen LogP contribution < -0.4 is 10.9 Å². The van der Waals surface area contributed by atoms with Gasteiger partial charge in [-0.1, -0.05) is 72.3 Å². The van der Waals surface area contributed by atoms with Gasteiger partial charge in [-0.3, -0.25) is 20.4 Å². The van der Waals surface area contributed by atoms with E-state index in [4.69, 9.17) is 0 Å². The molecule has 0 unspecified atom stereocenters. The predicted molar refractivity (Wildman–Crippen MR) is 104 cm³/mol. The second-order valence-corrected chi connectivity index (χ2v) is 6.10. The summed E-state index contributed by atoms with van der Waals surface area (Å²) in [5.74, 6) is -0.643. The summed E-state index contributed by atoms with van der Waals surface area (Å²) in [4.78, 5) is 24.0. The van der Waals surface area contributed by atoms with Crippen LogP contribution in [0.3, 0.4) is 0 Å². The molecule has 3 rings (SSSR count). The molecule has 0 aliphatic carbocycles. The number of hydrogen-bond donors (Lipinski definition) is 2. The standard InChI is InChI=1S/C22H20N2O2/c1-16-9-11-17(12-10-16)13-14-21(25)23-24-22(26)15-19-7-4-6-18-5-2-3-8-20(18)19/h2-14H,15H2,1H3,(H,23,25)(H,24,26). The van der Waals surface area contributed by atoms with Gasteiger partial charge in [0.2, 0.25) is 5.91 Å². The molecular formula is C22H20N2O2. The van der Waals surface area contributed by atoms with Crippen LogP contribution in [-0.4, -0.2) is 11.8 Å². The average Bonchev–Trinajstić information content (AvgIpc) is 2.66. The zero-order chi connectivity index (χ0) is 18.4. The second-order valence-electron chi connectivity index (χ2n) is 6.10. The lowest BCUT2D eigenvalue weighted by Crippen LogP contribution is -2.41. The highest BCUT2D eigenvalue weighted by Crippen LogP contribution is 2.18. The Balaban J connectivity index is 1.55. The van der Waals surface area contributed by atoms with Crippen LogP contribution in [0.1, 0.15) is 16.7 Å². The quantitative estimate of drug-likeness (QED) is 0.562. The van der Waals surface area contributed by atoms with Gasteiger partial charge in [0.1, 0.15) is 0 Å². The van der Waals surface area contributed by atoms with Crippen molar-refractivity contribution in [3.63, 3.8) is 0 Å². The largest absolute Gasteiger partial charge is 0.273 e. The number of nitrogens with one attached hydrogen (secondary N) is 2. The molecule has 2 N–H and O–H groups in total. The maximum absolute atomic E-state index is 12.1. The summed E-state index contributed by atoms with van der Waals surface area (Å²) in [6, 6.07) is 21.6. The zero-order valence-corrected chi connectivity index (χ0v) is 14.5. The number of hydrazine groups is 1. The molecule has 0 fully saturated rings. The van der Waals surface area contributed by atoms with E-state index < -0.39 is 0 Å². The molecule has 0 aliphatic heterocycles. The van der Waals surface area contributed by atoms with Crippen LogP contribution in [0.4, 0.5) is 0 Å². The van der Waals surface area contributed by atoms with Gasteiger partial charge >= 0.3 is 0 Å². The zero-order valence-electron chi connectivity index (χ0n) is 14.5. The normalized spacial score (nSPS) is 10.8. The molecule has 4 nitrogen and oxygen atoms in total. The van der Waals surface area contributed by atoms with Gasteiger partial charge in [-0.2, -0.15) is 0 Å². The van der Waals surface area contributed by atoms with Crippen LogP contribution in [-0.2, 0) is 16.0 Å². The molecule has 3 aromatic carbocycles. The summed E-state index contributed by atoms with van der Waals surface area (Å²) in [6.45, 7) is 2.01. The first-order valence-electron chi connectivity index (χ1n) is 8.42. The predicted octanol–water partition coefficient (Wildman–Crippen LogP) is 3.55. The number of benzene rings is 3. The van der Waals surface area contributed by atoms with Crippen molar-refractivity contribution in [2.45, 2.75) is 13.3 Å². The van der Waals surface area contributed by atoms with E-state index in [1.807, 2.05) is 73.7 Å². The number of carbonyl (C=O) groups is 2. The number of amides is 2. The minimum absolute atomic E-state index is 0.198. The maximum atomic E-state index is 12.1. The van der Waals surface area contributed by atoms with Gasteiger partial charge in [-0.25, -0.2) is 0 Å². The third-order valence-electron chi connectivity index (χ3n) is 4.06. The molecule has 2 amide bonds. The van der Waals surface area contributed by atoms with Gasteiger partial charge in [0.15, 0.2) is 0 Å². The first-order chi connectivity index (χ1) is 12.6. The third kappa shape index (κ3) is 4.57.